The van der Waals surface area contributed by atoms with E-state index in [1.54, 1.807) is 29.2 Å². The monoisotopic (exact) mass is 404 g/mol. The van der Waals surface area contributed by atoms with Crippen LogP contribution in [0.3, 0.4) is 0 Å². The van der Waals surface area contributed by atoms with Crippen LogP contribution in [0.25, 0.3) is 10.8 Å². The summed E-state index contributed by atoms with van der Waals surface area (Å²) in [7, 11) is 0. The molecule has 0 aromatic heterocycles. The number of nitrogens with zero attached hydrogens (tertiary/aromatic N) is 1. The van der Waals surface area contributed by atoms with E-state index in [1.165, 1.54) is 12.1 Å². The summed E-state index contributed by atoms with van der Waals surface area (Å²) in [4.78, 5) is 37.9. The van der Waals surface area contributed by atoms with Crippen LogP contribution in [0, 0.1) is 0 Å². The van der Waals surface area contributed by atoms with Crippen LogP contribution in [-0.4, -0.2) is 36.0 Å². The van der Waals surface area contributed by atoms with Gasteiger partial charge in [-0.25, -0.2) is 4.79 Å². The molecule has 152 valence electrons. The second-order valence-corrected chi connectivity index (χ2v) is 7.04. The van der Waals surface area contributed by atoms with Crippen molar-refractivity contribution in [3.63, 3.8) is 0 Å². The maximum Gasteiger partial charge on any atom is 0.342 e. The number of benzene rings is 3. The molecular formula is C23H20N2O5. The molecule has 7 nitrogen and oxygen atoms in total. The fourth-order valence-corrected chi connectivity index (χ4v) is 3.44. The number of hydrogen-bond acceptors (Lipinski definition) is 5. The number of rotatable bonds is 5. The van der Waals surface area contributed by atoms with Crippen molar-refractivity contribution >= 4 is 39.9 Å². The molecule has 0 unspecified atom stereocenters. The predicted octanol–water partition coefficient (Wildman–Crippen LogP) is 3.47. The molecule has 3 aromatic rings. The fraction of sp³-hybridized carbons (Fsp3) is 0.174. The van der Waals surface area contributed by atoms with E-state index < -0.39 is 18.5 Å². The van der Waals surface area contributed by atoms with Crippen molar-refractivity contribution in [2.24, 2.45) is 0 Å². The molecule has 1 fully saturated rings. The number of carbonyl (C=O) groups is 3. The molecule has 2 amide bonds. The van der Waals surface area contributed by atoms with Gasteiger partial charge >= 0.3 is 5.97 Å². The summed E-state index contributed by atoms with van der Waals surface area (Å²) >= 11 is 0. The number of phenols is 1. The third kappa shape index (κ3) is 4.10. The van der Waals surface area contributed by atoms with Gasteiger partial charge in [-0.3, -0.25) is 9.59 Å². The number of carbonyl (C=O) groups excluding carboxylic acids is 3. The highest BCUT2D eigenvalue weighted by Gasteiger charge is 2.21. The van der Waals surface area contributed by atoms with E-state index in [-0.39, 0.29) is 17.2 Å². The van der Waals surface area contributed by atoms with Crippen molar-refractivity contribution in [2.45, 2.75) is 12.8 Å². The SMILES string of the molecule is O=C(COC(=O)c1cc2ccccc2cc1O)Nc1ccc(N2CCCC2=O)cc1. The zero-order valence-electron chi connectivity index (χ0n) is 16.1. The summed E-state index contributed by atoms with van der Waals surface area (Å²) in [5.41, 5.74) is 1.31. The predicted molar refractivity (Wildman–Crippen MR) is 113 cm³/mol. The maximum absolute atomic E-state index is 12.3. The van der Waals surface area contributed by atoms with E-state index >= 15 is 0 Å². The van der Waals surface area contributed by atoms with Crippen molar-refractivity contribution in [1.29, 1.82) is 0 Å². The van der Waals surface area contributed by atoms with Crippen molar-refractivity contribution < 1.29 is 24.2 Å². The van der Waals surface area contributed by atoms with Gasteiger partial charge in [0.05, 0.1) is 0 Å². The largest absolute Gasteiger partial charge is 0.507 e. The third-order valence-electron chi connectivity index (χ3n) is 4.95. The van der Waals surface area contributed by atoms with Gasteiger partial charge in [0.2, 0.25) is 5.91 Å². The van der Waals surface area contributed by atoms with Crippen molar-refractivity contribution in [2.75, 3.05) is 23.4 Å². The first-order valence-corrected chi connectivity index (χ1v) is 9.60. The zero-order chi connectivity index (χ0) is 21.1. The number of amides is 2. The molecule has 1 saturated heterocycles. The molecule has 0 spiro atoms. The molecule has 2 N–H and O–H groups in total. The van der Waals surface area contributed by atoms with Crippen molar-refractivity contribution in [3.05, 3.63) is 66.2 Å². The highest BCUT2D eigenvalue weighted by Crippen LogP contribution is 2.26. The van der Waals surface area contributed by atoms with Crippen LogP contribution in [0.4, 0.5) is 11.4 Å². The summed E-state index contributed by atoms with van der Waals surface area (Å²) in [6, 6.07) is 17.2. The molecule has 1 heterocycles. The summed E-state index contributed by atoms with van der Waals surface area (Å²) in [5.74, 6) is -1.40. The molecule has 4 rings (SSSR count). The number of esters is 1. The average Bonchev–Trinajstić information content (AvgIpc) is 3.18. The highest BCUT2D eigenvalue weighted by atomic mass is 16.5. The molecule has 3 aromatic carbocycles. The Morgan fingerprint density at radius 2 is 1.73 bits per heavy atom. The highest BCUT2D eigenvalue weighted by molar-refractivity contribution is 6.00. The second-order valence-electron chi connectivity index (χ2n) is 7.04. The minimum absolute atomic E-state index is 0.00105. The number of nitrogens with one attached hydrogen (secondary N) is 1. The van der Waals surface area contributed by atoms with Crippen molar-refractivity contribution in [3.8, 4) is 5.75 Å². The standard InChI is InChI=1S/C23H20N2O5/c26-20-13-16-5-2-1-4-15(16)12-19(20)23(29)30-14-21(27)24-17-7-9-18(10-8-17)25-11-3-6-22(25)28/h1-2,4-5,7-10,12-13,26H,3,6,11,14H2,(H,24,27). The number of hydrogen-bond donors (Lipinski definition) is 2. The lowest BCUT2D eigenvalue weighted by Crippen LogP contribution is -2.23. The number of ether oxygens (including phenoxy) is 1. The Morgan fingerprint density at radius 1 is 1.03 bits per heavy atom. The molecule has 7 heteroatoms. The Labute approximate surface area is 172 Å². The van der Waals surface area contributed by atoms with E-state index in [0.717, 1.165) is 22.9 Å². The van der Waals surface area contributed by atoms with Gasteiger partial charge in [0.15, 0.2) is 6.61 Å². The van der Waals surface area contributed by atoms with Gasteiger partial charge in [0.25, 0.3) is 5.91 Å². The van der Waals surface area contributed by atoms with Crippen LogP contribution >= 0.6 is 0 Å². The average molecular weight is 404 g/mol. The van der Waals surface area contributed by atoms with E-state index in [2.05, 4.69) is 5.32 Å². The van der Waals surface area contributed by atoms with E-state index in [0.29, 0.717) is 18.7 Å². The lowest BCUT2D eigenvalue weighted by molar-refractivity contribution is -0.119. The molecule has 1 aliphatic rings. The third-order valence-corrected chi connectivity index (χ3v) is 4.95. The molecule has 0 aliphatic carbocycles. The van der Waals surface area contributed by atoms with Crippen LogP contribution in [0.5, 0.6) is 5.75 Å². The number of fused-ring (bicyclic) bond motifs is 1. The smallest absolute Gasteiger partial charge is 0.342 e. The molecule has 0 saturated carbocycles. The lowest BCUT2D eigenvalue weighted by atomic mass is 10.1. The lowest BCUT2D eigenvalue weighted by Gasteiger charge is -2.16. The van der Waals surface area contributed by atoms with Crippen LogP contribution in [-0.2, 0) is 14.3 Å². The van der Waals surface area contributed by atoms with Crippen LogP contribution in [0.2, 0.25) is 0 Å². The Kier molecular flexibility index (Phi) is 5.34. The van der Waals surface area contributed by atoms with Crippen molar-refractivity contribution in [1.82, 2.24) is 0 Å². The number of phenolic OH excluding ortho intramolecular Hbond substituents is 1. The van der Waals surface area contributed by atoms with E-state index in [4.69, 9.17) is 4.74 Å². The number of anilines is 2. The Morgan fingerprint density at radius 3 is 2.40 bits per heavy atom. The summed E-state index contributed by atoms with van der Waals surface area (Å²) in [6.07, 6.45) is 1.39. The summed E-state index contributed by atoms with van der Waals surface area (Å²) in [6.45, 7) is 0.208. The van der Waals surface area contributed by atoms with Gasteiger partial charge in [0.1, 0.15) is 11.3 Å². The van der Waals surface area contributed by atoms with Crippen LogP contribution in [0.15, 0.2) is 60.7 Å². The summed E-state index contributed by atoms with van der Waals surface area (Å²) < 4.78 is 5.05. The molecule has 0 bridgehead atoms. The molecule has 1 aliphatic heterocycles. The molecule has 30 heavy (non-hydrogen) atoms. The Hall–Kier alpha value is -3.87. The quantitative estimate of drug-likeness (QED) is 0.635. The van der Waals surface area contributed by atoms with Gasteiger partial charge < -0.3 is 20.1 Å². The first kappa shape index (κ1) is 19.4. The van der Waals surface area contributed by atoms with E-state index in [9.17, 15) is 19.5 Å². The maximum atomic E-state index is 12.3. The molecule has 0 radical (unpaired) electrons. The van der Waals surface area contributed by atoms with Gasteiger partial charge in [-0.1, -0.05) is 24.3 Å². The van der Waals surface area contributed by atoms with Gasteiger partial charge in [-0.05, 0) is 53.6 Å². The van der Waals surface area contributed by atoms with Crippen LogP contribution < -0.4 is 10.2 Å². The number of aromatic hydroxyl groups is 1. The van der Waals surface area contributed by atoms with Gasteiger partial charge in [-0.15, -0.1) is 0 Å². The first-order valence-electron chi connectivity index (χ1n) is 9.60. The minimum atomic E-state index is -0.781. The Bertz CT molecular complexity index is 1120. The summed E-state index contributed by atoms with van der Waals surface area (Å²) in [5, 5.41) is 14.3. The topological polar surface area (TPSA) is 95.9 Å². The normalized spacial score (nSPS) is 13.5. The first-order chi connectivity index (χ1) is 14.5. The Balaban J connectivity index is 1.35. The molecular weight excluding hydrogens is 384 g/mol. The van der Waals surface area contributed by atoms with Gasteiger partial charge in [0, 0.05) is 24.3 Å². The van der Waals surface area contributed by atoms with E-state index in [1.807, 2.05) is 24.3 Å². The fourth-order valence-electron chi connectivity index (χ4n) is 3.44. The molecule has 0 atom stereocenters. The zero-order valence-corrected chi connectivity index (χ0v) is 16.1. The minimum Gasteiger partial charge on any atom is -0.507 e. The van der Waals surface area contributed by atoms with Gasteiger partial charge in [-0.2, -0.15) is 0 Å². The van der Waals surface area contributed by atoms with Crippen LogP contribution in [0.1, 0.15) is 23.2 Å². The second kappa shape index (κ2) is 8.24.